The third kappa shape index (κ3) is 3.14. The van der Waals surface area contributed by atoms with Gasteiger partial charge in [-0.2, -0.15) is 0 Å². The molecule has 1 fully saturated rings. The number of hydrogen-bond donors (Lipinski definition) is 2. The van der Waals surface area contributed by atoms with Gasteiger partial charge in [-0.15, -0.1) is 11.3 Å². The van der Waals surface area contributed by atoms with Crippen molar-refractivity contribution in [2.24, 2.45) is 0 Å². The van der Waals surface area contributed by atoms with Crippen LogP contribution in [-0.4, -0.2) is 25.1 Å². The second kappa shape index (κ2) is 4.86. The quantitative estimate of drug-likeness (QED) is 0.780. The number of aliphatic carboxylic acids is 1. The van der Waals surface area contributed by atoms with E-state index in [-0.39, 0.29) is 4.21 Å². The third-order valence-electron chi connectivity index (χ3n) is 2.84. The second-order valence-electron chi connectivity index (χ2n) is 4.94. The molecule has 1 aliphatic rings. The summed E-state index contributed by atoms with van der Waals surface area (Å²) in [5.74, 6) is -0.950. The Bertz CT molecular complexity index is 586. The Balaban J connectivity index is 2.14. The van der Waals surface area contributed by atoms with Gasteiger partial charge in [-0.25, -0.2) is 13.2 Å². The van der Waals surface area contributed by atoms with Crippen LogP contribution in [-0.2, 0) is 19.7 Å². The van der Waals surface area contributed by atoms with E-state index in [1.807, 2.05) is 4.89 Å². The number of thiophene rings is 1. The third-order valence-corrected chi connectivity index (χ3v) is 5.54. The summed E-state index contributed by atoms with van der Waals surface area (Å²) in [6.45, 7) is 2.54. The lowest BCUT2D eigenvalue weighted by Crippen LogP contribution is -2.41. The van der Waals surface area contributed by atoms with Crippen molar-refractivity contribution in [1.82, 2.24) is 4.89 Å². The Labute approximate surface area is 115 Å². The molecular formula is C11H15NO5S2. The molecule has 2 rings (SSSR count). The van der Waals surface area contributed by atoms with Crippen LogP contribution in [0.4, 0.5) is 0 Å². The maximum atomic E-state index is 12.1. The van der Waals surface area contributed by atoms with Gasteiger partial charge in [-0.05, 0) is 49.6 Å². The molecule has 0 saturated heterocycles. The van der Waals surface area contributed by atoms with E-state index in [4.69, 9.17) is 9.94 Å². The lowest BCUT2D eigenvalue weighted by Gasteiger charge is -2.19. The van der Waals surface area contributed by atoms with Gasteiger partial charge in [0.05, 0.1) is 0 Å². The maximum Gasteiger partial charge on any atom is 0.337 e. The fourth-order valence-corrected chi connectivity index (χ4v) is 3.88. The average Bonchev–Trinajstić information content (AvgIpc) is 3.04. The van der Waals surface area contributed by atoms with Gasteiger partial charge in [0.2, 0.25) is 0 Å². The van der Waals surface area contributed by atoms with Crippen molar-refractivity contribution in [1.29, 1.82) is 0 Å². The molecule has 1 aromatic rings. The predicted octanol–water partition coefficient (Wildman–Crippen LogP) is 1.70. The number of nitrogens with one attached hydrogen (secondary N) is 1. The van der Waals surface area contributed by atoms with Crippen molar-refractivity contribution in [3.05, 3.63) is 17.0 Å². The van der Waals surface area contributed by atoms with Crippen molar-refractivity contribution >= 4 is 27.3 Å². The van der Waals surface area contributed by atoms with Crippen LogP contribution in [0.25, 0.3) is 0 Å². The van der Waals surface area contributed by atoms with Gasteiger partial charge in [0, 0.05) is 0 Å². The van der Waals surface area contributed by atoms with E-state index in [2.05, 4.69) is 0 Å². The minimum absolute atomic E-state index is 0.205. The highest BCUT2D eigenvalue weighted by Crippen LogP contribution is 2.44. The summed E-state index contributed by atoms with van der Waals surface area (Å²) < 4.78 is 24.4. The number of rotatable bonds is 6. The van der Waals surface area contributed by atoms with Gasteiger partial charge in [-0.3, -0.25) is 4.84 Å². The zero-order valence-corrected chi connectivity index (χ0v) is 12.2. The number of carboxylic acid groups (broad SMARTS) is 1. The number of carbonyl (C=O) groups is 1. The van der Waals surface area contributed by atoms with Crippen LogP contribution >= 0.6 is 11.3 Å². The van der Waals surface area contributed by atoms with Crippen LogP contribution in [0.3, 0.4) is 0 Å². The van der Waals surface area contributed by atoms with Gasteiger partial charge in [-0.1, -0.05) is 4.89 Å². The second-order valence-corrected chi connectivity index (χ2v) is 7.70. The number of sulfonamides is 1. The molecule has 0 radical (unpaired) electrons. The Kier molecular flexibility index (Phi) is 3.69. The van der Waals surface area contributed by atoms with E-state index < -0.39 is 21.6 Å². The Morgan fingerprint density at radius 1 is 1.53 bits per heavy atom. The molecule has 0 bridgehead atoms. The summed E-state index contributed by atoms with van der Waals surface area (Å²) in [5.41, 5.74) is -0.835. The molecule has 0 amide bonds. The minimum atomic E-state index is -3.84. The van der Waals surface area contributed by atoms with Crippen LogP contribution in [0.2, 0.25) is 0 Å². The zero-order valence-electron chi connectivity index (χ0n) is 10.5. The molecule has 19 heavy (non-hydrogen) atoms. The molecule has 0 unspecified atom stereocenters. The molecule has 6 nitrogen and oxygen atoms in total. The van der Waals surface area contributed by atoms with Crippen LogP contribution in [0.1, 0.15) is 38.2 Å². The van der Waals surface area contributed by atoms with Gasteiger partial charge in [0.25, 0.3) is 10.0 Å². The first kappa shape index (κ1) is 14.4. The zero-order chi connectivity index (χ0) is 14.3. The summed E-state index contributed by atoms with van der Waals surface area (Å²) in [4.78, 5) is 17.6. The monoisotopic (exact) mass is 305 g/mol. The van der Waals surface area contributed by atoms with Gasteiger partial charge < -0.3 is 5.11 Å². The van der Waals surface area contributed by atoms with Gasteiger partial charge in [0.15, 0.2) is 5.60 Å². The molecule has 2 N–H and O–H groups in total. The number of hydrogen-bond acceptors (Lipinski definition) is 5. The highest BCUT2D eigenvalue weighted by Gasteiger charge is 2.34. The van der Waals surface area contributed by atoms with E-state index in [1.54, 1.807) is 11.4 Å². The highest BCUT2D eigenvalue weighted by atomic mass is 32.2. The summed E-state index contributed by atoms with van der Waals surface area (Å²) >= 11 is 1.11. The maximum absolute atomic E-state index is 12.1. The summed E-state index contributed by atoms with van der Waals surface area (Å²) in [6, 6.07) is 1.79. The smallest absolute Gasteiger partial charge is 0.337 e. The summed E-state index contributed by atoms with van der Waals surface area (Å²) in [7, 11) is -3.84. The SMILES string of the molecule is CC(C)(ONS(=O)(=O)c1sccc1C1CC1)C(=O)O. The molecule has 0 atom stereocenters. The Morgan fingerprint density at radius 2 is 2.16 bits per heavy atom. The first-order valence-corrected chi connectivity index (χ1v) is 8.11. The number of carboxylic acids is 1. The van der Waals surface area contributed by atoms with Crippen molar-refractivity contribution in [3.63, 3.8) is 0 Å². The van der Waals surface area contributed by atoms with Crippen LogP contribution in [0, 0.1) is 0 Å². The van der Waals surface area contributed by atoms with Crippen molar-refractivity contribution in [2.75, 3.05) is 0 Å². The molecule has 8 heteroatoms. The first-order valence-electron chi connectivity index (χ1n) is 5.74. The summed E-state index contributed by atoms with van der Waals surface area (Å²) in [5, 5.41) is 10.6. The standard InChI is InChI=1S/C11H15NO5S2/c1-11(2,10(13)14)17-12-19(15,16)9-8(5-6-18-9)7-3-4-7/h5-7,12H,3-4H2,1-2H3,(H,13,14). The molecular weight excluding hydrogens is 290 g/mol. The fraction of sp³-hybridized carbons (Fsp3) is 0.545. The molecule has 0 aromatic carbocycles. The molecule has 1 aliphatic carbocycles. The van der Waals surface area contributed by atoms with Crippen LogP contribution in [0.5, 0.6) is 0 Å². The molecule has 1 heterocycles. The minimum Gasteiger partial charge on any atom is -0.479 e. The molecule has 0 spiro atoms. The van der Waals surface area contributed by atoms with Crippen LogP contribution in [0.15, 0.2) is 15.7 Å². The Hall–Kier alpha value is -0.960. The van der Waals surface area contributed by atoms with E-state index in [0.29, 0.717) is 5.92 Å². The van der Waals surface area contributed by atoms with Gasteiger partial charge in [0.1, 0.15) is 4.21 Å². The average molecular weight is 305 g/mol. The molecule has 0 aliphatic heterocycles. The molecule has 106 valence electrons. The normalized spacial score (nSPS) is 16.5. The topological polar surface area (TPSA) is 92.7 Å². The van der Waals surface area contributed by atoms with Crippen molar-refractivity contribution in [3.8, 4) is 0 Å². The lowest BCUT2D eigenvalue weighted by atomic mass is 10.1. The van der Waals surface area contributed by atoms with E-state index in [1.165, 1.54) is 13.8 Å². The van der Waals surface area contributed by atoms with Crippen LogP contribution < -0.4 is 4.89 Å². The lowest BCUT2D eigenvalue weighted by molar-refractivity contribution is -0.165. The Morgan fingerprint density at radius 3 is 2.68 bits per heavy atom. The van der Waals surface area contributed by atoms with E-state index in [0.717, 1.165) is 29.7 Å². The van der Waals surface area contributed by atoms with E-state index in [9.17, 15) is 13.2 Å². The van der Waals surface area contributed by atoms with Gasteiger partial charge >= 0.3 is 5.97 Å². The predicted molar refractivity (Wildman–Crippen MR) is 69.4 cm³/mol. The largest absolute Gasteiger partial charge is 0.479 e. The summed E-state index contributed by atoms with van der Waals surface area (Å²) in [6.07, 6.45) is 1.97. The van der Waals surface area contributed by atoms with Crippen molar-refractivity contribution in [2.45, 2.75) is 42.4 Å². The first-order chi connectivity index (χ1) is 8.74. The van der Waals surface area contributed by atoms with Crippen molar-refractivity contribution < 1.29 is 23.2 Å². The van der Waals surface area contributed by atoms with E-state index >= 15 is 0 Å². The molecule has 1 saturated carbocycles. The highest BCUT2D eigenvalue weighted by molar-refractivity contribution is 7.91. The molecule has 1 aromatic heterocycles. The fourth-order valence-electron chi connectivity index (χ4n) is 1.46.